The number of aromatic nitrogens is 2. The summed E-state index contributed by atoms with van der Waals surface area (Å²) in [7, 11) is 3.48. The van der Waals surface area contributed by atoms with Crippen LogP contribution in [0, 0.1) is 0 Å². The topological polar surface area (TPSA) is 49.3 Å². The molecule has 0 spiro atoms. The third-order valence-corrected chi connectivity index (χ3v) is 3.06. The number of carbonyl (C=O) groups is 1. The molecule has 1 rings (SSSR count). The lowest BCUT2D eigenvalue weighted by atomic mass is 10.2. The number of halogens is 1. The highest BCUT2D eigenvalue weighted by atomic mass is 35.5. The van der Waals surface area contributed by atoms with Crippen LogP contribution in [0.1, 0.15) is 19.4 Å². The monoisotopic (exact) mass is 270 g/mol. The second-order valence-electron chi connectivity index (χ2n) is 4.12. The summed E-state index contributed by atoms with van der Waals surface area (Å²) in [6, 6.07) is 0. The molecular weight excluding hydrogens is 252 g/mol. The van der Waals surface area contributed by atoms with Gasteiger partial charge >= 0.3 is 0 Å². The average molecular weight is 271 g/mol. The summed E-state index contributed by atoms with van der Waals surface area (Å²) in [6.45, 7) is 4.97. The van der Waals surface area contributed by atoms with Crippen molar-refractivity contribution in [2.45, 2.75) is 20.3 Å². The van der Waals surface area contributed by atoms with Gasteiger partial charge in [0.1, 0.15) is 17.3 Å². The lowest BCUT2D eigenvalue weighted by Gasteiger charge is -2.25. The van der Waals surface area contributed by atoms with E-state index in [9.17, 15) is 4.79 Å². The molecule has 0 saturated heterocycles. The third-order valence-electron chi connectivity index (χ3n) is 2.73. The normalized spacial score (nSPS) is 10.3. The van der Waals surface area contributed by atoms with Gasteiger partial charge in [-0.2, -0.15) is 0 Å². The molecule has 18 heavy (non-hydrogen) atoms. The van der Waals surface area contributed by atoms with Crippen molar-refractivity contribution in [2.24, 2.45) is 0 Å². The molecule has 0 fully saturated rings. The molecule has 1 aromatic heterocycles. The minimum atomic E-state index is 0.0358. The van der Waals surface area contributed by atoms with E-state index in [1.165, 1.54) is 6.33 Å². The third kappa shape index (κ3) is 3.32. The molecule has 1 aromatic rings. The van der Waals surface area contributed by atoms with Crippen LogP contribution < -0.4 is 4.90 Å². The first-order valence-electron chi connectivity index (χ1n) is 5.95. The van der Waals surface area contributed by atoms with Gasteiger partial charge in [-0.25, -0.2) is 9.97 Å². The number of amides is 1. The molecule has 100 valence electrons. The minimum Gasteiger partial charge on any atom is -0.347 e. The van der Waals surface area contributed by atoms with Crippen molar-refractivity contribution >= 4 is 23.3 Å². The number of likely N-dealkylation sites (N-methyl/N-ethyl adjacent to an activating group) is 2. The first-order valence-corrected chi connectivity index (χ1v) is 6.33. The quantitative estimate of drug-likeness (QED) is 0.763. The van der Waals surface area contributed by atoms with Gasteiger partial charge in [0.2, 0.25) is 5.91 Å². The van der Waals surface area contributed by atoms with E-state index < -0.39 is 0 Å². The van der Waals surface area contributed by atoms with Crippen LogP contribution in [-0.4, -0.2) is 48.0 Å². The van der Waals surface area contributed by atoms with Crippen LogP contribution in [0.5, 0.6) is 0 Å². The van der Waals surface area contributed by atoms with Gasteiger partial charge in [-0.15, -0.1) is 0 Å². The Kier molecular flexibility index (Phi) is 5.34. The Morgan fingerprint density at radius 1 is 1.33 bits per heavy atom. The average Bonchev–Trinajstić information content (AvgIpc) is 2.35. The minimum absolute atomic E-state index is 0.0358. The second kappa shape index (κ2) is 6.54. The lowest BCUT2D eigenvalue weighted by molar-refractivity contribution is -0.127. The van der Waals surface area contributed by atoms with Crippen molar-refractivity contribution < 1.29 is 4.79 Å². The smallest absolute Gasteiger partial charge is 0.241 e. The molecule has 0 aliphatic heterocycles. The Hall–Kier alpha value is -1.36. The van der Waals surface area contributed by atoms with Crippen molar-refractivity contribution in [3.8, 4) is 0 Å². The summed E-state index contributed by atoms with van der Waals surface area (Å²) < 4.78 is 0. The molecule has 6 heteroatoms. The molecule has 0 unspecified atom stereocenters. The van der Waals surface area contributed by atoms with E-state index in [4.69, 9.17) is 11.6 Å². The highest BCUT2D eigenvalue weighted by molar-refractivity contribution is 6.30. The maximum Gasteiger partial charge on any atom is 0.241 e. The molecule has 0 aliphatic carbocycles. The molecule has 1 amide bonds. The summed E-state index contributed by atoms with van der Waals surface area (Å²) in [5.41, 5.74) is 0.882. The van der Waals surface area contributed by atoms with Gasteiger partial charge in [0.25, 0.3) is 0 Å². The molecular formula is C12H19ClN4O. The first kappa shape index (κ1) is 14.7. The van der Waals surface area contributed by atoms with Gasteiger partial charge in [-0.05, 0) is 13.3 Å². The summed E-state index contributed by atoms with van der Waals surface area (Å²) >= 11 is 6.06. The molecule has 0 aromatic carbocycles. The van der Waals surface area contributed by atoms with Crippen LogP contribution in [-0.2, 0) is 11.2 Å². The number of hydrogen-bond acceptors (Lipinski definition) is 4. The zero-order valence-corrected chi connectivity index (χ0v) is 12.0. The van der Waals surface area contributed by atoms with Crippen LogP contribution in [0.15, 0.2) is 6.33 Å². The molecule has 0 radical (unpaired) electrons. The summed E-state index contributed by atoms with van der Waals surface area (Å²) in [5, 5.41) is 0.457. The van der Waals surface area contributed by atoms with E-state index in [0.717, 1.165) is 17.8 Å². The number of anilines is 1. The fourth-order valence-electron chi connectivity index (χ4n) is 1.60. The predicted octanol–water partition coefficient (Wildman–Crippen LogP) is 1.61. The number of carbonyl (C=O) groups excluding carboxylic acids is 1. The van der Waals surface area contributed by atoms with E-state index >= 15 is 0 Å². The van der Waals surface area contributed by atoms with E-state index in [1.807, 2.05) is 18.7 Å². The first-order chi connectivity index (χ1) is 8.51. The standard InChI is InChI=1S/C12H19ClN4O/c1-5-9-11(13)14-8-15-12(9)17(6-2)7-10(18)16(3)4/h8H,5-7H2,1-4H3. The highest BCUT2D eigenvalue weighted by Crippen LogP contribution is 2.23. The van der Waals surface area contributed by atoms with Crippen LogP contribution in [0.4, 0.5) is 5.82 Å². The van der Waals surface area contributed by atoms with Gasteiger partial charge in [-0.1, -0.05) is 18.5 Å². The van der Waals surface area contributed by atoms with Crippen molar-refractivity contribution in [2.75, 3.05) is 32.1 Å². The summed E-state index contributed by atoms with van der Waals surface area (Å²) in [5.74, 6) is 0.781. The SMILES string of the molecule is CCc1c(Cl)ncnc1N(CC)CC(=O)N(C)C. The molecule has 0 aliphatic rings. The molecule has 0 atom stereocenters. The van der Waals surface area contributed by atoms with Gasteiger partial charge in [0.05, 0.1) is 6.54 Å². The van der Waals surface area contributed by atoms with Crippen molar-refractivity contribution in [1.29, 1.82) is 0 Å². The maximum absolute atomic E-state index is 11.8. The summed E-state index contributed by atoms with van der Waals surface area (Å²) in [6.07, 6.45) is 2.17. The van der Waals surface area contributed by atoms with Gasteiger partial charge in [-0.3, -0.25) is 4.79 Å². The molecule has 0 N–H and O–H groups in total. The maximum atomic E-state index is 11.8. The lowest BCUT2D eigenvalue weighted by Crippen LogP contribution is -2.37. The van der Waals surface area contributed by atoms with E-state index in [0.29, 0.717) is 18.2 Å². The highest BCUT2D eigenvalue weighted by Gasteiger charge is 2.17. The fourth-order valence-corrected chi connectivity index (χ4v) is 1.86. The van der Waals surface area contributed by atoms with Crippen LogP contribution in [0.2, 0.25) is 5.15 Å². The van der Waals surface area contributed by atoms with Crippen LogP contribution in [0.25, 0.3) is 0 Å². The molecule has 0 bridgehead atoms. The van der Waals surface area contributed by atoms with Gasteiger partial charge in [0.15, 0.2) is 0 Å². The number of hydrogen-bond donors (Lipinski definition) is 0. The number of rotatable bonds is 5. The zero-order chi connectivity index (χ0) is 13.7. The molecule has 1 heterocycles. The van der Waals surface area contributed by atoms with Gasteiger partial charge in [0, 0.05) is 26.2 Å². The van der Waals surface area contributed by atoms with E-state index in [2.05, 4.69) is 9.97 Å². The van der Waals surface area contributed by atoms with Crippen molar-refractivity contribution in [3.05, 3.63) is 17.0 Å². The van der Waals surface area contributed by atoms with Crippen LogP contribution in [0.3, 0.4) is 0 Å². The van der Waals surface area contributed by atoms with E-state index in [1.54, 1.807) is 19.0 Å². The fraction of sp³-hybridized carbons (Fsp3) is 0.583. The molecule has 0 saturated carbocycles. The van der Waals surface area contributed by atoms with Crippen molar-refractivity contribution in [3.63, 3.8) is 0 Å². The Balaban J connectivity index is 3.02. The van der Waals surface area contributed by atoms with Crippen molar-refractivity contribution in [1.82, 2.24) is 14.9 Å². The Bertz CT molecular complexity index is 423. The Morgan fingerprint density at radius 2 is 2.00 bits per heavy atom. The van der Waals surface area contributed by atoms with Gasteiger partial charge < -0.3 is 9.80 Å². The Labute approximate surface area is 113 Å². The largest absolute Gasteiger partial charge is 0.347 e. The number of nitrogens with zero attached hydrogens (tertiary/aromatic N) is 4. The van der Waals surface area contributed by atoms with E-state index in [-0.39, 0.29) is 5.91 Å². The second-order valence-corrected chi connectivity index (χ2v) is 4.48. The Morgan fingerprint density at radius 3 is 2.50 bits per heavy atom. The van der Waals surface area contributed by atoms with Crippen LogP contribution >= 0.6 is 11.6 Å². The predicted molar refractivity (Wildman–Crippen MR) is 73.0 cm³/mol. The zero-order valence-electron chi connectivity index (χ0n) is 11.3. The summed E-state index contributed by atoms with van der Waals surface area (Å²) in [4.78, 5) is 23.5. The molecule has 5 nitrogen and oxygen atoms in total.